The van der Waals surface area contributed by atoms with Crippen molar-refractivity contribution in [2.75, 3.05) is 5.32 Å². The number of nitrogens with zero attached hydrogens (tertiary/aromatic N) is 2. The number of nitrogens with one attached hydrogen (secondary N) is 1. The molecule has 1 N–H and O–H groups in total. The topological polar surface area (TPSA) is 56.2 Å². The number of amides is 1. The van der Waals surface area contributed by atoms with Crippen molar-refractivity contribution in [3.63, 3.8) is 0 Å². The number of carbonyl (C=O) groups excluding carboxylic acids is 1. The van der Waals surface area contributed by atoms with Gasteiger partial charge in [-0.05, 0) is 67.1 Å². The van der Waals surface area contributed by atoms with Gasteiger partial charge < -0.3 is 14.6 Å². The van der Waals surface area contributed by atoms with Gasteiger partial charge in [-0.1, -0.05) is 71.9 Å². The summed E-state index contributed by atoms with van der Waals surface area (Å²) in [5.41, 5.74) is 3.65. The normalized spacial score (nSPS) is 11.8. The number of halogens is 1. The fourth-order valence-corrected chi connectivity index (χ4v) is 4.87. The maximum atomic E-state index is 13.0. The second kappa shape index (κ2) is 10.9. The fourth-order valence-electron chi connectivity index (χ4n) is 3.78. The van der Waals surface area contributed by atoms with Crippen molar-refractivity contribution >= 4 is 46.0 Å². The number of hydrogen-bond donors (Lipinski definition) is 1. The van der Waals surface area contributed by atoms with E-state index in [1.54, 1.807) is 0 Å². The van der Waals surface area contributed by atoms with Crippen LogP contribution in [0.4, 0.5) is 5.69 Å². The number of hydrogen-bond acceptors (Lipinski definition) is 4. The van der Waals surface area contributed by atoms with E-state index in [1.807, 2.05) is 97.9 Å². The van der Waals surface area contributed by atoms with Crippen LogP contribution in [0.2, 0.25) is 5.02 Å². The van der Waals surface area contributed by atoms with Crippen LogP contribution in [0.1, 0.15) is 12.5 Å². The van der Waals surface area contributed by atoms with Crippen molar-refractivity contribution in [2.45, 2.75) is 23.9 Å². The Bertz CT molecular complexity index is 1470. The summed E-state index contributed by atoms with van der Waals surface area (Å²) in [4.78, 5) is 17.8. The number of fused-ring (bicyclic) bond motifs is 1. The Morgan fingerprint density at radius 2 is 1.61 bits per heavy atom. The third-order valence-electron chi connectivity index (χ3n) is 5.61. The summed E-state index contributed by atoms with van der Waals surface area (Å²) in [5, 5.41) is 4.03. The number of ether oxygens (including phenoxy) is 1. The highest BCUT2D eigenvalue weighted by Crippen LogP contribution is 2.30. The van der Waals surface area contributed by atoms with Crippen LogP contribution in [0.5, 0.6) is 11.5 Å². The van der Waals surface area contributed by atoms with Gasteiger partial charge in [0.2, 0.25) is 5.91 Å². The van der Waals surface area contributed by atoms with E-state index >= 15 is 0 Å². The minimum atomic E-state index is -0.368. The van der Waals surface area contributed by atoms with E-state index in [2.05, 4.69) is 22.0 Å². The lowest BCUT2D eigenvalue weighted by atomic mass is 10.2. The quantitative estimate of drug-likeness (QED) is 0.216. The van der Waals surface area contributed by atoms with Crippen LogP contribution in [-0.4, -0.2) is 20.7 Å². The van der Waals surface area contributed by atoms with E-state index in [9.17, 15) is 4.79 Å². The highest BCUT2D eigenvalue weighted by atomic mass is 35.5. The third kappa shape index (κ3) is 5.73. The lowest BCUT2D eigenvalue weighted by Gasteiger charge is -2.14. The first-order valence-corrected chi connectivity index (χ1v) is 12.8. The van der Waals surface area contributed by atoms with E-state index < -0.39 is 0 Å². The maximum absolute atomic E-state index is 13.0. The lowest BCUT2D eigenvalue weighted by molar-refractivity contribution is -0.115. The van der Waals surface area contributed by atoms with Gasteiger partial charge in [-0.3, -0.25) is 4.79 Å². The van der Waals surface area contributed by atoms with E-state index in [0.717, 1.165) is 27.5 Å². The van der Waals surface area contributed by atoms with Crippen molar-refractivity contribution in [1.29, 1.82) is 0 Å². The molecular formula is C29H24ClN3O2S. The predicted octanol–water partition coefficient (Wildman–Crippen LogP) is 7.65. The first-order chi connectivity index (χ1) is 17.5. The van der Waals surface area contributed by atoms with Gasteiger partial charge in [0.15, 0.2) is 5.16 Å². The number of benzene rings is 4. The molecule has 5 aromatic rings. The second-order valence-corrected chi connectivity index (χ2v) is 10.0. The first kappa shape index (κ1) is 24.0. The molecule has 1 amide bonds. The van der Waals surface area contributed by atoms with Gasteiger partial charge in [-0.15, -0.1) is 0 Å². The number of thioether (sulfide) groups is 1. The van der Waals surface area contributed by atoms with Crippen LogP contribution in [0.25, 0.3) is 11.0 Å². The van der Waals surface area contributed by atoms with Gasteiger partial charge in [0.05, 0.1) is 22.8 Å². The SMILES string of the molecule is C[C@H](Sc1nc2cc(Cl)ccc2n1Cc1ccccc1)C(=O)Nc1ccc(Oc2ccccc2)cc1. The zero-order valence-corrected chi connectivity index (χ0v) is 21.2. The Hall–Kier alpha value is -3.74. The Morgan fingerprint density at radius 1 is 0.944 bits per heavy atom. The van der Waals surface area contributed by atoms with Crippen molar-refractivity contribution in [3.8, 4) is 11.5 Å². The van der Waals surface area contributed by atoms with Crippen LogP contribution in [0.15, 0.2) is 108 Å². The molecule has 0 radical (unpaired) electrons. The molecule has 0 spiro atoms. The van der Waals surface area contributed by atoms with Gasteiger partial charge in [0.25, 0.3) is 0 Å². The van der Waals surface area contributed by atoms with Crippen LogP contribution < -0.4 is 10.1 Å². The number of imidazole rings is 1. The molecule has 1 atom stereocenters. The summed E-state index contributed by atoms with van der Waals surface area (Å²) in [6, 6.07) is 32.8. The van der Waals surface area contributed by atoms with Crippen LogP contribution in [0, 0.1) is 0 Å². The lowest BCUT2D eigenvalue weighted by Crippen LogP contribution is -2.23. The fraction of sp³-hybridized carbons (Fsp3) is 0.103. The molecule has 180 valence electrons. The van der Waals surface area contributed by atoms with E-state index in [4.69, 9.17) is 21.3 Å². The van der Waals surface area contributed by atoms with E-state index in [0.29, 0.717) is 23.0 Å². The molecule has 0 unspecified atom stereocenters. The van der Waals surface area contributed by atoms with E-state index in [1.165, 1.54) is 11.8 Å². The molecule has 0 saturated heterocycles. The smallest absolute Gasteiger partial charge is 0.237 e. The van der Waals surface area contributed by atoms with Crippen LogP contribution >= 0.6 is 23.4 Å². The molecule has 1 aromatic heterocycles. The van der Waals surface area contributed by atoms with Gasteiger partial charge in [0.1, 0.15) is 11.5 Å². The number of aromatic nitrogens is 2. The largest absolute Gasteiger partial charge is 0.457 e. The monoisotopic (exact) mass is 513 g/mol. The van der Waals surface area contributed by atoms with Gasteiger partial charge in [0, 0.05) is 10.7 Å². The number of anilines is 1. The molecule has 0 fully saturated rings. The van der Waals surface area contributed by atoms with Gasteiger partial charge in [-0.25, -0.2) is 4.98 Å². The maximum Gasteiger partial charge on any atom is 0.237 e. The highest BCUT2D eigenvalue weighted by Gasteiger charge is 2.20. The second-order valence-electron chi connectivity index (χ2n) is 8.29. The molecule has 5 nitrogen and oxygen atoms in total. The van der Waals surface area contributed by atoms with Crippen LogP contribution in [0.3, 0.4) is 0 Å². The van der Waals surface area contributed by atoms with Crippen LogP contribution in [-0.2, 0) is 11.3 Å². The summed E-state index contributed by atoms with van der Waals surface area (Å²) in [5.74, 6) is 1.36. The molecule has 7 heteroatoms. The summed E-state index contributed by atoms with van der Waals surface area (Å²) in [6.45, 7) is 2.53. The molecule has 0 saturated carbocycles. The Kier molecular flexibility index (Phi) is 7.26. The van der Waals surface area contributed by atoms with Crippen molar-refractivity contribution < 1.29 is 9.53 Å². The molecule has 0 aliphatic heterocycles. The Balaban J connectivity index is 1.30. The molecule has 4 aromatic carbocycles. The molecule has 5 rings (SSSR count). The van der Waals surface area contributed by atoms with Gasteiger partial charge in [-0.2, -0.15) is 0 Å². The summed E-state index contributed by atoms with van der Waals surface area (Å²) < 4.78 is 7.96. The first-order valence-electron chi connectivity index (χ1n) is 11.6. The standard InChI is InChI=1S/C29H24ClN3O2S/c1-20(28(34)31-23-13-15-25(16-14-23)35-24-10-6-3-7-11-24)36-29-32-26-18-22(30)12-17-27(26)33(29)19-21-8-4-2-5-9-21/h2-18,20H,19H2,1H3,(H,31,34)/t20-/m0/s1. The van der Waals surface area contributed by atoms with Crippen molar-refractivity contribution in [3.05, 3.63) is 114 Å². The minimum Gasteiger partial charge on any atom is -0.457 e. The molecule has 0 aliphatic carbocycles. The van der Waals surface area contributed by atoms with Crippen molar-refractivity contribution in [2.24, 2.45) is 0 Å². The van der Waals surface area contributed by atoms with E-state index in [-0.39, 0.29) is 11.2 Å². The average molecular weight is 514 g/mol. The summed E-state index contributed by atoms with van der Waals surface area (Å²) in [6.07, 6.45) is 0. The Labute approximate surface area is 219 Å². The molecule has 36 heavy (non-hydrogen) atoms. The molecule has 0 bridgehead atoms. The summed E-state index contributed by atoms with van der Waals surface area (Å²) >= 11 is 7.64. The summed E-state index contributed by atoms with van der Waals surface area (Å²) in [7, 11) is 0. The molecule has 1 heterocycles. The number of carbonyl (C=O) groups is 1. The number of para-hydroxylation sites is 1. The molecule has 0 aliphatic rings. The zero-order valence-electron chi connectivity index (χ0n) is 19.6. The van der Waals surface area contributed by atoms with Gasteiger partial charge >= 0.3 is 0 Å². The highest BCUT2D eigenvalue weighted by molar-refractivity contribution is 8.00. The number of rotatable bonds is 8. The zero-order chi connectivity index (χ0) is 24.9. The predicted molar refractivity (Wildman–Crippen MR) is 147 cm³/mol. The average Bonchev–Trinajstić information content (AvgIpc) is 3.22. The van der Waals surface area contributed by atoms with Crippen molar-refractivity contribution in [1.82, 2.24) is 9.55 Å². The molecular weight excluding hydrogens is 490 g/mol. The third-order valence-corrected chi connectivity index (χ3v) is 6.94. The minimum absolute atomic E-state index is 0.104. The Morgan fingerprint density at radius 3 is 2.33 bits per heavy atom.